The number of carbonyl (C=O) groups is 1. The molecule has 0 aliphatic heterocycles. The number of hydrogen-bond donors (Lipinski definition) is 1. The largest absolute Gasteiger partial charge is 0.484 e. The van der Waals surface area contributed by atoms with Crippen LogP contribution in [-0.2, 0) is 11.2 Å². The van der Waals surface area contributed by atoms with E-state index in [-0.39, 0.29) is 12.5 Å². The molecular weight excluding hydrogens is 240 g/mol. The van der Waals surface area contributed by atoms with Crippen molar-refractivity contribution in [2.45, 2.75) is 33.6 Å². The van der Waals surface area contributed by atoms with Crippen molar-refractivity contribution < 1.29 is 9.53 Å². The summed E-state index contributed by atoms with van der Waals surface area (Å²) >= 11 is 0. The third-order valence-electron chi connectivity index (χ3n) is 2.56. The van der Waals surface area contributed by atoms with E-state index < -0.39 is 0 Å². The molecule has 0 aliphatic rings. The van der Waals surface area contributed by atoms with Crippen LogP contribution in [0.4, 0.5) is 0 Å². The van der Waals surface area contributed by atoms with Crippen LogP contribution in [0.5, 0.6) is 5.75 Å². The maximum Gasteiger partial charge on any atom is 0.277 e. The molecule has 4 nitrogen and oxygen atoms in total. The van der Waals surface area contributed by atoms with Crippen LogP contribution in [0.15, 0.2) is 29.4 Å². The van der Waals surface area contributed by atoms with Gasteiger partial charge in [0.1, 0.15) is 5.75 Å². The molecular formula is C15H22N2O2. The number of amides is 1. The molecule has 0 saturated heterocycles. The quantitative estimate of drug-likeness (QED) is 0.607. The summed E-state index contributed by atoms with van der Waals surface area (Å²) in [6.07, 6.45) is 3.55. The first-order chi connectivity index (χ1) is 9.11. The van der Waals surface area contributed by atoms with E-state index in [9.17, 15) is 4.79 Å². The summed E-state index contributed by atoms with van der Waals surface area (Å²) in [5, 5.41) is 3.85. The zero-order valence-electron chi connectivity index (χ0n) is 11.8. The van der Waals surface area contributed by atoms with Crippen molar-refractivity contribution in [2.75, 3.05) is 6.61 Å². The highest BCUT2D eigenvalue weighted by atomic mass is 16.5. The third-order valence-corrected chi connectivity index (χ3v) is 2.56. The molecule has 0 aromatic heterocycles. The minimum absolute atomic E-state index is 0.0233. The summed E-state index contributed by atoms with van der Waals surface area (Å²) in [7, 11) is 0. The monoisotopic (exact) mass is 262 g/mol. The van der Waals surface area contributed by atoms with Crippen LogP contribution in [0, 0.1) is 5.92 Å². The number of rotatable bonds is 7. The van der Waals surface area contributed by atoms with Crippen LogP contribution in [0.25, 0.3) is 0 Å². The van der Waals surface area contributed by atoms with Gasteiger partial charge in [-0.25, -0.2) is 5.43 Å². The Morgan fingerprint density at radius 3 is 2.63 bits per heavy atom. The highest BCUT2D eigenvalue weighted by Gasteiger charge is 2.01. The minimum atomic E-state index is -0.250. The Bertz CT molecular complexity index is 411. The lowest BCUT2D eigenvalue weighted by molar-refractivity contribution is -0.123. The molecule has 1 rings (SSSR count). The van der Waals surface area contributed by atoms with Crippen molar-refractivity contribution >= 4 is 12.1 Å². The molecule has 19 heavy (non-hydrogen) atoms. The van der Waals surface area contributed by atoms with Gasteiger partial charge in [-0.2, -0.15) is 5.10 Å². The third kappa shape index (κ3) is 6.60. The zero-order chi connectivity index (χ0) is 14.1. The highest BCUT2D eigenvalue weighted by molar-refractivity contribution is 5.78. The molecule has 0 aliphatic carbocycles. The summed E-state index contributed by atoms with van der Waals surface area (Å²) in [6, 6.07) is 7.73. The van der Waals surface area contributed by atoms with E-state index >= 15 is 0 Å². The Hall–Kier alpha value is -1.84. The fourth-order valence-electron chi connectivity index (χ4n) is 1.38. The second-order valence-corrected chi connectivity index (χ2v) is 4.76. The van der Waals surface area contributed by atoms with Gasteiger partial charge in [-0.1, -0.05) is 32.9 Å². The van der Waals surface area contributed by atoms with Gasteiger partial charge in [0.05, 0.1) is 0 Å². The molecule has 0 atom stereocenters. The van der Waals surface area contributed by atoms with Gasteiger partial charge in [0.2, 0.25) is 0 Å². The predicted octanol–water partition coefficient (Wildman–Crippen LogP) is 2.78. The number of hydrazone groups is 1. The summed E-state index contributed by atoms with van der Waals surface area (Å²) in [5.74, 6) is 0.979. The zero-order valence-corrected chi connectivity index (χ0v) is 11.8. The predicted molar refractivity (Wildman–Crippen MR) is 77.4 cm³/mol. The van der Waals surface area contributed by atoms with Crippen LogP contribution in [0.3, 0.4) is 0 Å². The average Bonchev–Trinajstić information content (AvgIpc) is 2.41. The van der Waals surface area contributed by atoms with E-state index in [1.54, 1.807) is 6.21 Å². The lowest BCUT2D eigenvalue weighted by atomic mass is 10.2. The van der Waals surface area contributed by atoms with Gasteiger partial charge in [0.15, 0.2) is 6.61 Å². The summed E-state index contributed by atoms with van der Waals surface area (Å²) in [6.45, 7) is 6.26. The van der Waals surface area contributed by atoms with E-state index in [2.05, 4.69) is 31.3 Å². The van der Waals surface area contributed by atoms with Crippen LogP contribution >= 0.6 is 0 Å². The molecule has 0 fully saturated rings. The molecule has 0 heterocycles. The molecule has 1 N–H and O–H groups in total. The lowest BCUT2D eigenvalue weighted by Crippen LogP contribution is -2.24. The van der Waals surface area contributed by atoms with Crippen LogP contribution in [0.1, 0.15) is 32.8 Å². The van der Waals surface area contributed by atoms with Gasteiger partial charge >= 0.3 is 0 Å². The lowest BCUT2D eigenvalue weighted by Gasteiger charge is -2.05. The fourth-order valence-corrected chi connectivity index (χ4v) is 1.38. The van der Waals surface area contributed by atoms with Crippen molar-refractivity contribution in [3.05, 3.63) is 29.8 Å². The molecule has 1 aromatic carbocycles. The molecule has 0 radical (unpaired) electrons. The maximum atomic E-state index is 11.4. The summed E-state index contributed by atoms with van der Waals surface area (Å²) in [4.78, 5) is 11.4. The van der Waals surface area contributed by atoms with E-state index in [4.69, 9.17) is 4.74 Å². The van der Waals surface area contributed by atoms with Crippen molar-refractivity contribution in [3.63, 3.8) is 0 Å². The minimum Gasteiger partial charge on any atom is -0.484 e. The molecule has 1 amide bonds. The Morgan fingerprint density at radius 2 is 2.05 bits per heavy atom. The second-order valence-electron chi connectivity index (χ2n) is 4.76. The normalized spacial score (nSPS) is 10.9. The standard InChI is InChI=1S/C15H22N2O2/c1-4-13-5-7-14(8-6-13)19-11-15(18)17-16-10-9-12(2)3/h5-8,10,12H,4,9,11H2,1-3H3,(H,17,18)/b16-10+. The van der Waals surface area contributed by atoms with Crippen molar-refractivity contribution in [1.29, 1.82) is 0 Å². The van der Waals surface area contributed by atoms with Gasteiger partial charge < -0.3 is 4.74 Å². The maximum absolute atomic E-state index is 11.4. The molecule has 0 bridgehead atoms. The smallest absolute Gasteiger partial charge is 0.277 e. The van der Waals surface area contributed by atoms with E-state index in [1.165, 1.54) is 5.56 Å². The summed E-state index contributed by atoms with van der Waals surface area (Å²) in [5.41, 5.74) is 3.68. The number of hydrogen-bond acceptors (Lipinski definition) is 3. The van der Waals surface area contributed by atoms with Gasteiger partial charge in [0.25, 0.3) is 5.91 Å². The number of benzene rings is 1. The first-order valence-electron chi connectivity index (χ1n) is 6.64. The van der Waals surface area contributed by atoms with Gasteiger partial charge in [-0.3, -0.25) is 4.79 Å². The number of carbonyl (C=O) groups excluding carboxylic acids is 1. The van der Waals surface area contributed by atoms with Gasteiger partial charge in [0, 0.05) is 6.21 Å². The molecule has 1 aromatic rings. The van der Waals surface area contributed by atoms with Crippen molar-refractivity contribution in [2.24, 2.45) is 11.0 Å². The number of ether oxygens (including phenoxy) is 1. The Labute approximate surface area is 114 Å². The summed E-state index contributed by atoms with van der Waals surface area (Å²) < 4.78 is 5.36. The number of aryl methyl sites for hydroxylation is 1. The van der Waals surface area contributed by atoms with Gasteiger partial charge in [-0.05, 0) is 36.5 Å². The number of nitrogens with one attached hydrogen (secondary N) is 1. The van der Waals surface area contributed by atoms with E-state index in [0.717, 1.165) is 12.8 Å². The molecule has 0 unspecified atom stereocenters. The highest BCUT2D eigenvalue weighted by Crippen LogP contribution is 2.12. The first kappa shape index (κ1) is 15.2. The average molecular weight is 262 g/mol. The van der Waals surface area contributed by atoms with E-state index in [0.29, 0.717) is 11.7 Å². The van der Waals surface area contributed by atoms with Crippen LogP contribution in [0.2, 0.25) is 0 Å². The van der Waals surface area contributed by atoms with Crippen LogP contribution in [-0.4, -0.2) is 18.7 Å². The topological polar surface area (TPSA) is 50.7 Å². The SMILES string of the molecule is CCc1ccc(OCC(=O)N/N=C/CC(C)C)cc1. The van der Waals surface area contributed by atoms with Crippen molar-refractivity contribution in [1.82, 2.24) is 5.43 Å². The molecule has 4 heteroatoms. The Kier molecular flexibility index (Phi) is 6.64. The second kappa shape index (κ2) is 8.29. The van der Waals surface area contributed by atoms with Crippen LogP contribution < -0.4 is 10.2 Å². The van der Waals surface area contributed by atoms with Crippen molar-refractivity contribution in [3.8, 4) is 5.75 Å². The Morgan fingerprint density at radius 1 is 1.37 bits per heavy atom. The molecule has 0 spiro atoms. The fraction of sp³-hybridized carbons (Fsp3) is 0.467. The molecule has 0 saturated carbocycles. The first-order valence-corrected chi connectivity index (χ1v) is 6.64. The Balaban J connectivity index is 2.27. The van der Waals surface area contributed by atoms with Gasteiger partial charge in [-0.15, -0.1) is 0 Å². The molecule has 104 valence electrons. The van der Waals surface area contributed by atoms with E-state index in [1.807, 2.05) is 24.3 Å². The number of nitrogens with zero attached hydrogens (tertiary/aromatic N) is 1.